The third-order valence-electron chi connectivity index (χ3n) is 4.44. The van der Waals surface area contributed by atoms with E-state index in [0.29, 0.717) is 5.92 Å². The largest absolute Gasteiger partial charge is 0.338 e. The number of carbonyl (C=O) groups excluding carboxylic acids is 1. The summed E-state index contributed by atoms with van der Waals surface area (Å²) < 4.78 is 0. The Kier molecular flexibility index (Phi) is 3.92. The van der Waals surface area contributed by atoms with Gasteiger partial charge < -0.3 is 4.90 Å². The van der Waals surface area contributed by atoms with E-state index in [9.17, 15) is 4.79 Å². The third kappa shape index (κ3) is 2.71. The van der Waals surface area contributed by atoms with E-state index in [0.717, 1.165) is 36.8 Å². The van der Waals surface area contributed by atoms with E-state index in [1.54, 1.807) is 0 Å². The fraction of sp³-hybridized carbons (Fsp3) is 0.562. The smallest absolute Gasteiger partial charge is 0.253 e. The minimum absolute atomic E-state index is 0.228. The first-order chi connectivity index (χ1) is 9.28. The van der Waals surface area contributed by atoms with Gasteiger partial charge in [0.15, 0.2) is 0 Å². The molecule has 0 spiro atoms. The van der Waals surface area contributed by atoms with Crippen molar-refractivity contribution in [1.29, 1.82) is 0 Å². The van der Waals surface area contributed by atoms with Crippen LogP contribution in [0.3, 0.4) is 0 Å². The van der Waals surface area contributed by atoms with Crippen LogP contribution in [0.25, 0.3) is 0 Å². The van der Waals surface area contributed by atoms with Crippen molar-refractivity contribution in [3.63, 3.8) is 0 Å². The lowest BCUT2D eigenvalue weighted by atomic mass is 10.1. The van der Waals surface area contributed by atoms with E-state index < -0.39 is 0 Å². The zero-order valence-corrected chi connectivity index (χ0v) is 12.8. The van der Waals surface area contributed by atoms with Crippen molar-refractivity contribution in [2.45, 2.75) is 32.1 Å². The standard InChI is InChI=1S/C16H20BrNO/c17-8-6-12-7-9-18(11-12)16(19)15-5-4-13-2-1-3-14(13)10-15/h4-5,10,12H,1-3,6-9,11H2. The first-order valence-corrected chi connectivity index (χ1v) is 8.37. The van der Waals surface area contributed by atoms with Crippen molar-refractivity contribution in [3.05, 3.63) is 34.9 Å². The van der Waals surface area contributed by atoms with Gasteiger partial charge in [0.2, 0.25) is 0 Å². The molecule has 1 aromatic carbocycles. The predicted octanol–water partition coefficient (Wildman–Crippen LogP) is 3.42. The van der Waals surface area contributed by atoms with Crippen molar-refractivity contribution < 1.29 is 4.79 Å². The Labute approximate surface area is 123 Å². The molecular formula is C16H20BrNO. The van der Waals surface area contributed by atoms with E-state index in [1.807, 2.05) is 11.0 Å². The molecule has 1 amide bonds. The van der Waals surface area contributed by atoms with Crippen molar-refractivity contribution in [1.82, 2.24) is 4.90 Å². The lowest BCUT2D eigenvalue weighted by molar-refractivity contribution is 0.0787. The van der Waals surface area contributed by atoms with Crippen molar-refractivity contribution in [2.24, 2.45) is 5.92 Å². The van der Waals surface area contributed by atoms with Crippen LogP contribution in [0.4, 0.5) is 0 Å². The van der Waals surface area contributed by atoms with Gasteiger partial charge in [0, 0.05) is 24.0 Å². The highest BCUT2D eigenvalue weighted by atomic mass is 79.9. The molecule has 19 heavy (non-hydrogen) atoms. The molecule has 1 heterocycles. The Morgan fingerprint density at radius 3 is 3.00 bits per heavy atom. The van der Waals surface area contributed by atoms with Crippen LogP contribution >= 0.6 is 15.9 Å². The van der Waals surface area contributed by atoms with Gasteiger partial charge in [0.25, 0.3) is 5.91 Å². The minimum atomic E-state index is 0.228. The van der Waals surface area contributed by atoms with E-state index in [2.05, 4.69) is 28.1 Å². The second kappa shape index (κ2) is 5.66. The highest BCUT2D eigenvalue weighted by molar-refractivity contribution is 9.09. The maximum Gasteiger partial charge on any atom is 0.253 e. The Bertz CT molecular complexity index is 486. The highest BCUT2D eigenvalue weighted by Gasteiger charge is 2.27. The number of carbonyl (C=O) groups is 1. The van der Waals surface area contributed by atoms with Crippen LogP contribution < -0.4 is 0 Å². The summed E-state index contributed by atoms with van der Waals surface area (Å²) in [5.41, 5.74) is 3.72. The maximum absolute atomic E-state index is 12.5. The second-order valence-electron chi connectivity index (χ2n) is 5.72. The third-order valence-corrected chi connectivity index (χ3v) is 4.89. The molecule has 3 rings (SSSR count). The van der Waals surface area contributed by atoms with Crippen LogP contribution in [0.1, 0.15) is 40.7 Å². The molecule has 3 heteroatoms. The van der Waals surface area contributed by atoms with Gasteiger partial charge in [-0.3, -0.25) is 4.79 Å². The van der Waals surface area contributed by atoms with Crippen molar-refractivity contribution in [3.8, 4) is 0 Å². The lowest BCUT2D eigenvalue weighted by Gasteiger charge is -2.17. The molecule has 1 fully saturated rings. The molecule has 0 bridgehead atoms. The Morgan fingerprint density at radius 2 is 2.16 bits per heavy atom. The Morgan fingerprint density at radius 1 is 1.32 bits per heavy atom. The molecule has 2 aliphatic rings. The summed E-state index contributed by atoms with van der Waals surface area (Å²) in [6.45, 7) is 1.86. The van der Waals surface area contributed by atoms with E-state index >= 15 is 0 Å². The van der Waals surface area contributed by atoms with Crippen LogP contribution in [0, 0.1) is 5.92 Å². The summed E-state index contributed by atoms with van der Waals surface area (Å²) in [6.07, 6.45) is 5.89. The van der Waals surface area contributed by atoms with Crippen LogP contribution in [0.2, 0.25) is 0 Å². The molecule has 0 radical (unpaired) electrons. The lowest BCUT2D eigenvalue weighted by Crippen LogP contribution is -2.28. The summed E-state index contributed by atoms with van der Waals surface area (Å²) in [4.78, 5) is 14.5. The average molecular weight is 322 g/mol. The van der Waals surface area contributed by atoms with Gasteiger partial charge in [-0.15, -0.1) is 0 Å². The number of alkyl halides is 1. The summed E-state index contributed by atoms with van der Waals surface area (Å²) in [5, 5.41) is 1.04. The Hall–Kier alpha value is -0.830. The number of nitrogens with zero attached hydrogens (tertiary/aromatic N) is 1. The van der Waals surface area contributed by atoms with Gasteiger partial charge in [0.05, 0.1) is 0 Å². The highest BCUT2D eigenvalue weighted by Crippen LogP contribution is 2.26. The number of rotatable bonds is 3. The van der Waals surface area contributed by atoms with Gasteiger partial charge in [0.1, 0.15) is 0 Å². The van der Waals surface area contributed by atoms with Gasteiger partial charge in [-0.05, 0) is 61.3 Å². The number of fused-ring (bicyclic) bond motifs is 1. The Balaban J connectivity index is 1.71. The summed E-state index contributed by atoms with van der Waals surface area (Å²) in [6, 6.07) is 6.30. The minimum Gasteiger partial charge on any atom is -0.338 e. The predicted molar refractivity (Wildman–Crippen MR) is 80.9 cm³/mol. The number of halogens is 1. The molecule has 0 saturated carbocycles. The molecule has 1 aliphatic carbocycles. The summed E-state index contributed by atoms with van der Waals surface area (Å²) in [7, 11) is 0. The van der Waals surface area contributed by atoms with Gasteiger partial charge in [-0.25, -0.2) is 0 Å². The van der Waals surface area contributed by atoms with Crippen molar-refractivity contribution in [2.75, 3.05) is 18.4 Å². The molecule has 1 aromatic rings. The number of likely N-dealkylation sites (tertiary alicyclic amines) is 1. The topological polar surface area (TPSA) is 20.3 Å². The first-order valence-electron chi connectivity index (χ1n) is 7.25. The fourth-order valence-corrected chi connectivity index (χ4v) is 3.94. The number of hydrogen-bond acceptors (Lipinski definition) is 1. The molecule has 1 aliphatic heterocycles. The SMILES string of the molecule is O=C(c1ccc2c(c1)CCC2)N1CCC(CCBr)C1. The second-order valence-corrected chi connectivity index (χ2v) is 6.51. The molecule has 2 nitrogen and oxygen atoms in total. The number of hydrogen-bond donors (Lipinski definition) is 0. The average Bonchev–Trinajstić information content (AvgIpc) is 3.05. The normalized spacial score (nSPS) is 21.7. The molecule has 1 unspecified atom stereocenters. The van der Waals surface area contributed by atoms with Crippen LogP contribution in [0.5, 0.6) is 0 Å². The van der Waals surface area contributed by atoms with Crippen LogP contribution in [0.15, 0.2) is 18.2 Å². The molecule has 0 aromatic heterocycles. The van der Waals surface area contributed by atoms with Gasteiger partial charge in [-0.1, -0.05) is 22.0 Å². The van der Waals surface area contributed by atoms with Crippen LogP contribution in [-0.2, 0) is 12.8 Å². The van der Waals surface area contributed by atoms with Crippen LogP contribution in [-0.4, -0.2) is 29.2 Å². The summed E-state index contributed by atoms with van der Waals surface area (Å²) >= 11 is 3.49. The van der Waals surface area contributed by atoms with E-state index in [-0.39, 0.29) is 5.91 Å². The molecule has 1 atom stereocenters. The molecular weight excluding hydrogens is 302 g/mol. The van der Waals surface area contributed by atoms with Gasteiger partial charge >= 0.3 is 0 Å². The molecule has 1 saturated heterocycles. The van der Waals surface area contributed by atoms with E-state index in [1.165, 1.54) is 30.4 Å². The molecule has 102 valence electrons. The summed E-state index contributed by atoms with van der Waals surface area (Å²) in [5.74, 6) is 0.907. The van der Waals surface area contributed by atoms with Crippen molar-refractivity contribution >= 4 is 21.8 Å². The monoisotopic (exact) mass is 321 g/mol. The maximum atomic E-state index is 12.5. The quantitative estimate of drug-likeness (QED) is 0.781. The van der Waals surface area contributed by atoms with E-state index in [4.69, 9.17) is 0 Å². The fourth-order valence-electron chi connectivity index (χ4n) is 3.29. The zero-order chi connectivity index (χ0) is 13.2. The zero-order valence-electron chi connectivity index (χ0n) is 11.2. The first kappa shape index (κ1) is 13.2. The molecule has 0 N–H and O–H groups in total. The number of aryl methyl sites for hydroxylation is 2. The number of benzene rings is 1. The number of amides is 1. The van der Waals surface area contributed by atoms with Gasteiger partial charge in [-0.2, -0.15) is 0 Å².